The van der Waals surface area contributed by atoms with Gasteiger partial charge in [0.25, 0.3) is 0 Å². The van der Waals surface area contributed by atoms with Crippen LogP contribution < -0.4 is 5.11 Å². The molecule has 0 aliphatic carbocycles. The summed E-state index contributed by atoms with van der Waals surface area (Å²) in [7, 11) is 0. The summed E-state index contributed by atoms with van der Waals surface area (Å²) in [5.41, 5.74) is 0. The fraction of sp³-hybridized carbons (Fsp3) is 0.944. The third-order valence-corrected chi connectivity index (χ3v) is 3.98. The molecule has 0 aromatic heterocycles. The second-order valence-corrected chi connectivity index (χ2v) is 6.07. The summed E-state index contributed by atoms with van der Waals surface area (Å²) in [6, 6.07) is 0. The van der Waals surface area contributed by atoms with Gasteiger partial charge < -0.3 is 9.90 Å². The molecular formula is C18H36O2Pb. The number of rotatable bonds is 16. The van der Waals surface area contributed by atoms with Gasteiger partial charge in [-0.05, 0) is 12.8 Å². The SMILES string of the molecule is CCCCCCCCCCCCCCCCCC(=O)[O-].[PbH+]. The van der Waals surface area contributed by atoms with E-state index in [4.69, 9.17) is 0 Å². The first kappa shape index (κ1) is 23.7. The summed E-state index contributed by atoms with van der Waals surface area (Å²) in [5, 5.41) is 10.2. The zero-order valence-corrected chi connectivity index (χ0v) is 18.7. The Morgan fingerprint density at radius 3 is 1.19 bits per heavy atom. The summed E-state index contributed by atoms with van der Waals surface area (Å²) in [6.07, 6.45) is 19.9. The number of carboxylic acids is 1. The third-order valence-electron chi connectivity index (χ3n) is 3.98. The number of aliphatic carboxylic acids is 1. The fourth-order valence-corrected chi connectivity index (χ4v) is 2.64. The van der Waals surface area contributed by atoms with E-state index >= 15 is 0 Å². The van der Waals surface area contributed by atoms with E-state index in [1.54, 1.807) is 0 Å². The molecule has 0 bridgehead atoms. The fourth-order valence-electron chi connectivity index (χ4n) is 2.64. The van der Waals surface area contributed by atoms with Crippen molar-refractivity contribution in [2.75, 3.05) is 0 Å². The Kier molecular flexibility index (Phi) is 23.0. The van der Waals surface area contributed by atoms with Gasteiger partial charge >= 0.3 is 27.3 Å². The van der Waals surface area contributed by atoms with Crippen molar-refractivity contribution in [2.24, 2.45) is 0 Å². The average molecular weight is 492 g/mol. The van der Waals surface area contributed by atoms with Crippen molar-refractivity contribution in [3.63, 3.8) is 0 Å². The Bertz CT molecular complexity index is 207. The predicted molar refractivity (Wildman–Crippen MR) is 91.7 cm³/mol. The van der Waals surface area contributed by atoms with E-state index in [2.05, 4.69) is 6.92 Å². The monoisotopic (exact) mass is 492 g/mol. The number of hydrogen-bond donors (Lipinski definition) is 0. The summed E-state index contributed by atoms with van der Waals surface area (Å²) in [4.78, 5) is 10.2. The van der Waals surface area contributed by atoms with Crippen LogP contribution in [0.2, 0.25) is 0 Å². The second-order valence-electron chi connectivity index (χ2n) is 6.07. The maximum absolute atomic E-state index is 10.2. The van der Waals surface area contributed by atoms with E-state index in [9.17, 15) is 9.90 Å². The molecule has 0 heterocycles. The van der Waals surface area contributed by atoms with Crippen molar-refractivity contribution in [2.45, 2.75) is 110 Å². The third kappa shape index (κ3) is 22.8. The van der Waals surface area contributed by atoms with Crippen LogP contribution in [0, 0.1) is 0 Å². The van der Waals surface area contributed by atoms with Crippen molar-refractivity contribution in [3.05, 3.63) is 0 Å². The molecule has 124 valence electrons. The minimum absolute atomic E-state index is 0. The van der Waals surface area contributed by atoms with Gasteiger partial charge in [0.2, 0.25) is 0 Å². The van der Waals surface area contributed by atoms with Crippen molar-refractivity contribution in [1.29, 1.82) is 0 Å². The van der Waals surface area contributed by atoms with Gasteiger partial charge in [-0.25, -0.2) is 0 Å². The zero-order chi connectivity index (χ0) is 14.9. The van der Waals surface area contributed by atoms with Crippen molar-refractivity contribution < 1.29 is 9.90 Å². The van der Waals surface area contributed by atoms with Crippen LogP contribution in [0.15, 0.2) is 0 Å². The Hall–Kier alpha value is 0.392. The molecular weight excluding hydrogens is 455 g/mol. The molecule has 0 aliphatic heterocycles. The van der Waals surface area contributed by atoms with Crippen LogP contribution >= 0.6 is 0 Å². The van der Waals surface area contributed by atoms with Crippen LogP contribution in [0.1, 0.15) is 110 Å². The molecule has 0 atom stereocenters. The maximum atomic E-state index is 10.2. The summed E-state index contributed by atoms with van der Waals surface area (Å²) >= 11 is 0. The topological polar surface area (TPSA) is 40.1 Å². The summed E-state index contributed by atoms with van der Waals surface area (Å²) < 4.78 is 0. The molecule has 0 fully saturated rings. The first-order chi connectivity index (χ1) is 9.77. The molecule has 0 aliphatic rings. The minimum atomic E-state index is -0.903. The Morgan fingerprint density at radius 1 is 0.619 bits per heavy atom. The van der Waals surface area contributed by atoms with Crippen LogP contribution in [-0.2, 0) is 4.79 Å². The average Bonchev–Trinajstić information content (AvgIpc) is 2.43. The first-order valence-electron chi connectivity index (χ1n) is 8.97. The van der Waals surface area contributed by atoms with E-state index in [1.807, 2.05) is 0 Å². The number of hydrogen-bond acceptors (Lipinski definition) is 2. The van der Waals surface area contributed by atoms with Gasteiger partial charge in [-0.3, -0.25) is 0 Å². The van der Waals surface area contributed by atoms with Crippen LogP contribution in [-0.4, -0.2) is 33.3 Å². The number of carboxylic acid groups (broad SMARTS) is 1. The second kappa shape index (κ2) is 20.4. The van der Waals surface area contributed by atoms with Gasteiger partial charge in [-0.15, -0.1) is 0 Å². The van der Waals surface area contributed by atoms with Gasteiger partial charge in [-0.2, -0.15) is 0 Å². The van der Waals surface area contributed by atoms with Crippen molar-refractivity contribution >= 4 is 33.3 Å². The van der Waals surface area contributed by atoms with Crippen molar-refractivity contribution in [3.8, 4) is 0 Å². The summed E-state index contributed by atoms with van der Waals surface area (Å²) in [6.45, 7) is 2.27. The molecule has 21 heavy (non-hydrogen) atoms. The van der Waals surface area contributed by atoms with Crippen LogP contribution in [0.5, 0.6) is 0 Å². The molecule has 0 saturated heterocycles. The molecule has 0 saturated carbocycles. The van der Waals surface area contributed by atoms with Crippen LogP contribution in [0.25, 0.3) is 0 Å². The van der Waals surface area contributed by atoms with Gasteiger partial charge in [-0.1, -0.05) is 96.8 Å². The normalized spacial score (nSPS) is 10.3. The molecule has 0 amide bonds. The Labute approximate surface area is 152 Å². The van der Waals surface area contributed by atoms with E-state index in [0.717, 1.165) is 12.8 Å². The van der Waals surface area contributed by atoms with Gasteiger partial charge in [0, 0.05) is 5.97 Å². The molecule has 2 nitrogen and oxygen atoms in total. The number of unbranched alkanes of at least 4 members (excludes halogenated alkanes) is 14. The molecule has 0 aromatic carbocycles. The van der Waals surface area contributed by atoms with Crippen LogP contribution in [0.4, 0.5) is 0 Å². The number of carbonyl (C=O) groups excluding carboxylic acids is 1. The summed E-state index contributed by atoms with van der Waals surface area (Å²) in [5.74, 6) is -0.903. The van der Waals surface area contributed by atoms with E-state index in [0.29, 0.717) is 0 Å². The molecule has 2 radical (unpaired) electrons. The standard InChI is InChI=1S/C18H36O2.Pb.H/c1-2-3-4-5-6-7-8-9-10-11-12-13-14-15-16-17-18(19)20;;/h2-17H2,1H3,(H,19,20);;/q;+1;/p-1. The molecule has 0 spiro atoms. The van der Waals surface area contributed by atoms with Crippen molar-refractivity contribution in [1.82, 2.24) is 0 Å². The first-order valence-corrected chi connectivity index (χ1v) is 8.97. The van der Waals surface area contributed by atoms with Gasteiger partial charge in [0.1, 0.15) is 0 Å². The molecule has 0 N–H and O–H groups in total. The Balaban J connectivity index is 0. The van der Waals surface area contributed by atoms with Crippen LogP contribution in [0.3, 0.4) is 0 Å². The van der Waals surface area contributed by atoms with E-state index in [1.165, 1.54) is 83.5 Å². The predicted octanol–water partition coefficient (Wildman–Crippen LogP) is 4.35. The Morgan fingerprint density at radius 2 is 0.905 bits per heavy atom. The molecule has 3 heteroatoms. The van der Waals surface area contributed by atoms with E-state index in [-0.39, 0.29) is 33.7 Å². The number of carbonyl (C=O) groups is 1. The van der Waals surface area contributed by atoms with E-state index < -0.39 is 5.97 Å². The van der Waals surface area contributed by atoms with Gasteiger partial charge in [0.15, 0.2) is 0 Å². The molecule has 0 aromatic rings. The molecule has 0 rings (SSSR count). The van der Waals surface area contributed by atoms with Gasteiger partial charge in [0.05, 0.1) is 0 Å². The zero-order valence-electron chi connectivity index (χ0n) is 14.2. The molecule has 0 unspecified atom stereocenters. The quantitative estimate of drug-likeness (QED) is 0.238.